The number of halogens is 1. The zero-order valence-corrected chi connectivity index (χ0v) is 13.5. The molecule has 0 fully saturated rings. The Hall–Kier alpha value is -1.46. The molecule has 0 radical (unpaired) electrons. The molecule has 0 aliphatic heterocycles. The predicted molar refractivity (Wildman–Crippen MR) is 86.0 cm³/mol. The second kappa shape index (κ2) is 8.74. The normalized spacial score (nSPS) is 10.7. The molecule has 1 aromatic rings. The van der Waals surface area contributed by atoms with Gasteiger partial charge in [-0.25, -0.2) is 4.79 Å². The van der Waals surface area contributed by atoms with E-state index >= 15 is 0 Å². The van der Waals surface area contributed by atoms with Crippen LogP contribution in [0.3, 0.4) is 0 Å². The van der Waals surface area contributed by atoms with E-state index in [0.29, 0.717) is 54.2 Å². The molecule has 0 aliphatic carbocycles. The molecule has 3 N–H and O–H groups in total. The van der Waals surface area contributed by atoms with Crippen LogP contribution in [-0.2, 0) is 9.47 Å². The second-order valence-corrected chi connectivity index (χ2v) is 5.45. The fraction of sp³-hybridized carbons (Fsp3) is 0.533. The SMILES string of the molecule is CCOC(=O)c1cc(N)cc(Cl)c1NCCOCC(C)C. The van der Waals surface area contributed by atoms with Crippen molar-refractivity contribution in [2.75, 3.05) is 37.4 Å². The van der Waals surface area contributed by atoms with Gasteiger partial charge in [-0.05, 0) is 25.0 Å². The van der Waals surface area contributed by atoms with E-state index in [1.165, 1.54) is 0 Å². The topological polar surface area (TPSA) is 73.6 Å². The number of hydrogen-bond acceptors (Lipinski definition) is 5. The lowest BCUT2D eigenvalue weighted by Gasteiger charge is -2.14. The summed E-state index contributed by atoms with van der Waals surface area (Å²) in [7, 11) is 0. The summed E-state index contributed by atoms with van der Waals surface area (Å²) in [5.41, 5.74) is 7.01. The van der Waals surface area contributed by atoms with Gasteiger partial charge in [0, 0.05) is 18.8 Å². The first-order valence-corrected chi connectivity index (χ1v) is 7.41. The van der Waals surface area contributed by atoms with Gasteiger partial charge in [0.1, 0.15) is 0 Å². The van der Waals surface area contributed by atoms with Gasteiger partial charge >= 0.3 is 5.97 Å². The van der Waals surface area contributed by atoms with Crippen molar-refractivity contribution in [2.45, 2.75) is 20.8 Å². The first kappa shape index (κ1) is 17.6. The molecule has 21 heavy (non-hydrogen) atoms. The number of esters is 1. The van der Waals surface area contributed by atoms with Crippen molar-refractivity contribution in [3.63, 3.8) is 0 Å². The number of nitrogens with two attached hydrogens (primary N) is 1. The number of hydrogen-bond donors (Lipinski definition) is 2. The molecule has 1 rings (SSSR count). The summed E-state index contributed by atoms with van der Waals surface area (Å²) >= 11 is 6.15. The van der Waals surface area contributed by atoms with E-state index in [1.807, 2.05) is 0 Å². The number of carbonyl (C=O) groups excluding carboxylic acids is 1. The molecule has 118 valence electrons. The summed E-state index contributed by atoms with van der Waals surface area (Å²) < 4.78 is 10.5. The van der Waals surface area contributed by atoms with Crippen LogP contribution in [0.4, 0.5) is 11.4 Å². The summed E-state index contributed by atoms with van der Waals surface area (Å²) in [5.74, 6) is 0.0394. The molecule has 0 bridgehead atoms. The molecule has 0 saturated carbocycles. The average molecular weight is 315 g/mol. The highest BCUT2D eigenvalue weighted by atomic mass is 35.5. The number of carbonyl (C=O) groups is 1. The fourth-order valence-corrected chi connectivity index (χ4v) is 2.04. The van der Waals surface area contributed by atoms with Gasteiger partial charge in [-0.1, -0.05) is 25.4 Å². The van der Waals surface area contributed by atoms with E-state index in [0.717, 1.165) is 0 Å². The third-order valence-electron chi connectivity index (χ3n) is 2.61. The maximum absolute atomic E-state index is 11.9. The van der Waals surface area contributed by atoms with E-state index in [1.54, 1.807) is 19.1 Å². The van der Waals surface area contributed by atoms with E-state index in [-0.39, 0.29) is 0 Å². The van der Waals surface area contributed by atoms with Crippen LogP contribution in [0, 0.1) is 5.92 Å². The van der Waals surface area contributed by atoms with Gasteiger partial charge in [0.05, 0.1) is 29.5 Å². The molecule has 1 aromatic carbocycles. The smallest absolute Gasteiger partial charge is 0.340 e. The largest absolute Gasteiger partial charge is 0.462 e. The standard InChI is InChI=1S/C15H23ClN2O3/c1-4-21-15(19)12-7-11(17)8-13(16)14(12)18-5-6-20-9-10(2)3/h7-8,10,18H,4-6,9,17H2,1-3H3. The van der Waals surface area contributed by atoms with Crippen LogP contribution in [0.5, 0.6) is 0 Å². The molecule has 5 nitrogen and oxygen atoms in total. The third-order valence-corrected chi connectivity index (χ3v) is 2.91. The Morgan fingerprint density at radius 3 is 2.76 bits per heavy atom. The number of benzene rings is 1. The first-order chi connectivity index (χ1) is 9.95. The predicted octanol–water partition coefficient (Wildman–Crippen LogP) is 3.18. The molecule has 6 heteroatoms. The Morgan fingerprint density at radius 1 is 1.43 bits per heavy atom. The summed E-state index contributed by atoms with van der Waals surface area (Å²) in [6, 6.07) is 3.16. The highest BCUT2D eigenvalue weighted by Gasteiger charge is 2.16. The summed E-state index contributed by atoms with van der Waals surface area (Å²) in [6.07, 6.45) is 0. The quantitative estimate of drug-likeness (QED) is 0.438. The van der Waals surface area contributed by atoms with Gasteiger partial charge in [-0.15, -0.1) is 0 Å². The van der Waals surface area contributed by atoms with Crippen molar-refractivity contribution in [3.8, 4) is 0 Å². The maximum Gasteiger partial charge on any atom is 0.340 e. The number of rotatable bonds is 8. The van der Waals surface area contributed by atoms with Crippen LogP contribution < -0.4 is 11.1 Å². The minimum Gasteiger partial charge on any atom is -0.462 e. The molecule has 0 amide bonds. The number of anilines is 2. The van der Waals surface area contributed by atoms with Crippen molar-refractivity contribution in [1.82, 2.24) is 0 Å². The van der Waals surface area contributed by atoms with Crippen molar-refractivity contribution in [1.29, 1.82) is 0 Å². The minimum atomic E-state index is -0.447. The van der Waals surface area contributed by atoms with Gasteiger partial charge < -0.3 is 20.5 Å². The van der Waals surface area contributed by atoms with Crippen molar-refractivity contribution in [3.05, 3.63) is 22.7 Å². The number of ether oxygens (including phenoxy) is 2. The summed E-state index contributed by atoms with van der Waals surface area (Å²) in [5, 5.41) is 3.50. The van der Waals surface area contributed by atoms with Crippen molar-refractivity contribution >= 4 is 28.9 Å². The average Bonchev–Trinajstić information content (AvgIpc) is 2.39. The van der Waals surface area contributed by atoms with Gasteiger partial charge in [-0.2, -0.15) is 0 Å². The third kappa shape index (κ3) is 5.81. The Labute approximate surface area is 130 Å². The second-order valence-electron chi connectivity index (χ2n) is 5.04. The van der Waals surface area contributed by atoms with Gasteiger partial charge in [-0.3, -0.25) is 0 Å². The van der Waals surface area contributed by atoms with E-state index < -0.39 is 5.97 Å². The molecule has 0 saturated heterocycles. The molecule has 0 aromatic heterocycles. The van der Waals surface area contributed by atoms with E-state index in [2.05, 4.69) is 19.2 Å². The molecular weight excluding hydrogens is 292 g/mol. The molecular formula is C15H23ClN2O3. The van der Waals surface area contributed by atoms with Crippen LogP contribution in [0.15, 0.2) is 12.1 Å². The zero-order valence-electron chi connectivity index (χ0n) is 12.7. The molecule has 0 atom stereocenters. The van der Waals surface area contributed by atoms with Crippen LogP contribution in [0.2, 0.25) is 5.02 Å². The summed E-state index contributed by atoms with van der Waals surface area (Å²) in [6.45, 7) is 7.99. The maximum atomic E-state index is 11.9. The van der Waals surface area contributed by atoms with Gasteiger partial charge in [0.15, 0.2) is 0 Å². The van der Waals surface area contributed by atoms with Crippen molar-refractivity contribution < 1.29 is 14.3 Å². The van der Waals surface area contributed by atoms with Crippen LogP contribution in [0.1, 0.15) is 31.1 Å². The lowest BCUT2D eigenvalue weighted by Crippen LogP contribution is -2.16. The minimum absolute atomic E-state index is 0.294. The monoisotopic (exact) mass is 314 g/mol. The Bertz CT molecular complexity index is 478. The molecule has 0 spiro atoms. The van der Waals surface area contributed by atoms with E-state index in [4.69, 9.17) is 26.8 Å². The fourth-order valence-electron chi connectivity index (χ4n) is 1.74. The molecule has 0 aliphatic rings. The highest BCUT2D eigenvalue weighted by molar-refractivity contribution is 6.34. The molecule has 0 unspecified atom stereocenters. The van der Waals surface area contributed by atoms with Gasteiger partial charge in [0.2, 0.25) is 0 Å². The molecule has 0 heterocycles. The summed E-state index contributed by atoms with van der Waals surface area (Å²) in [4.78, 5) is 11.9. The Kier molecular flexibility index (Phi) is 7.32. The van der Waals surface area contributed by atoms with Gasteiger partial charge in [0.25, 0.3) is 0 Å². The lowest BCUT2D eigenvalue weighted by atomic mass is 10.1. The number of nitrogens with one attached hydrogen (secondary N) is 1. The first-order valence-electron chi connectivity index (χ1n) is 7.03. The number of nitrogen functional groups attached to an aromatic ring is 1. The Balaban J connectivity index is 2.73. The van der Waals surface area contributed by atoms with Crippen LogP contribution >= 0.6 is 11.6 Å². The lowest BCUT2D eigenvalue weighted by molar-refractivity contribution is 0.0527. The van der Waals surface area contributed by atoms with E-state index in [9.17, 15) is 4.79 Å². The highest BCUT2D eigenvalue weighted by Crippen LogP contribution is 2.29. The zero-order chi connectivity index (χ0) is 15.8. The van der Waals surface area contributed by atoms with Crippen LogP contribution in [0.25, 0.3) is 0 Å². The van der Waals surface area contributed by atoms with Crippen molar-refractivity contribution in [2.24, 2.45) is 5.92 Å². The van der Waals surface area contributed by atoms with Crippen LogP contribution in [-0.4, -0.2) is 32.3 Å². The Morgan fingerprint density at radius 2 is 2.14 bits per heavy atom.